The van der Waals surface area contributed by atoms with E-state index >= 15 is 0 Å². The molecule has 0 aromatic carbocycles. The molecule has 1 unspecified atom stereocenters. The molecule has 1 aliphatic carbocycles. The lowest BCUT2D eigenvalue weighted by Gasteiger charge is -2.31. The number of nitrogens with one attached hydrogen (secondary N) is 1. The van der Waals surface area contributed by atoms with Crippen LogP contribution in [-0.2, 0) is 0 Å². The van der Waals surface area contributed by atoms with Crippen LogP contribution in [0.5, 0.6) is 0 Å². The van der Waals surface area contributed by atoms with Gasteiger partial charge in [-0.15, -0.1) is 0 Å². The maximum atomic E-state index is 3.69. The Kier molecular flexibility index (Phi) is 5.46. The van der Waals surface area contributed by atoms with Crippen molar-refractivity contribution in [2.24, 2.45) is 0 Å². The topological polar surface area (TPSA) is 15.3 Å². The monoisotopic (exact) mass is 242 g/mol. The van der Waals surface area contributed by atoms with Gasteiger partial charge in [0, 0.05) is 30.9 Å². The van der Waals surface area contributed by atoms with Gasteiger partial charge in [-0.3, -0.25) is 0 Å². The molecule has 94 valence electrons. The van der Waals surface area contributed by atoms with Crippen LogP contribution < -0.4 is 5.32 Å². The van der Waals surface area contributed by atoms with Crippen molar-refractivity contribution in [3.63, 3.8) is 0 Å². The standard InChI is InChI=1S/C13H26N2S/c1-15(13-5-3-2-4-6-13)9-8-14-12-7-10-16-11-12/h12-14H,2-11H2,1H3. The number of thioether (sulfide) groups is 1. The fraction of sp³-hybridized carbons (Fsp3) is 1.00. The summed E-state index contributed by atoms with van der Waals surface area (Å²) in [4.78, 5) is 2.58. The van der Waals surface area contributed by atoms with E-state index in [1.807, 2.05) is 0 Å². The Hall–Kier alpha value is 0.270. The molecule has 0 aromatic rings. The summed E-state index contributed by atoms with van der Waals surface area (Å²) in [5.74, 6) is 2.68. The van der Waals surface area contributed by atoms with E-state index < -0.39 is 0 Å². The van der Waals surface area contributed by atoms with Crippen LogP contribution in [0, 0.1) is 0 Å². The summed E-state index contributed by atoms with van der Waals surface area (Å²) in [5.41, 5.74) is 0. The number of hydrogen-bond acceptors (Lipinski definition) is 3. The molecule has 0 amide bonds. The predicted octanol–water partition coefficient (Wildman–Crippen LogP) is 2.35. The number of hydrogen-bond donors (Lipinski definition) is 1. The van der Waals surface area contributed by atoms with Gasteiger partial charge in [-0.05, 0) is 32.1 Å². The summed E-state index contributed by atoms with van der Waals surface area (Å²) < 4.78 is 0. The fourth-order valence-electron chi connectivity index (χ4n) is 2.84. The summed E-state index contributed by atoms with van der Waals surface area (Å²) in [7, 11) is 2.31. The molecule has 1 N–H and O–H groups in total. The lowest BCUT2D eigenvalue weighted by molar-refractivity contribution is 0.191. The summed E-state index contributed by atoms with van der Waals surface area (Å²) in [6.07, 6.45) is 8.58. The van der Waals surface area contributed by atoms with E-state index in [4.69, 9.17) is 0 Å². The highest BCUT2D eigenvalue weighted by molar-refractivity contribution is 7.99. The Morgan fingerprint density at radius 1 is 1.19 bits per heavy atom. The van der Waals surface area contributed by atoms with Gasteiger partial charge in [0.15, 0.2) is 0 Å². The molecule has 1 saturated carbocycles. The van der Waals surface area contributed by atoms with Crippen molar-refractivity contribution in [2.45, 2.75) is 50.6 Å². The smallest absolute Gasteiger partial charge is 0.0166 e. The van der Waals surface area contributed by atoms with Gasteiger partial charge < -0.3 is 10.2 Å². The van der Waals surface area contributed by atoms with Crippen LogP contribution in [0.3, 0.4) is 0 Å². The quantitative estimate of drug-likeness (QED) is 0.797. The molecule has 1 saturated heterocycles. The minimum absolute atomic E-state index is 0.796. The van der Waals surface area contributed by atoms with E-state index in [2.05, 4.69) is 29.0 Å². The highest BCUT2D eigenvalue weighted by atomic mass is 32.2. The second-order valence-corrected chi connectivity index (χ2v) is 6.44. The van der Waals surface area contributed by atoms with E-state index in [0.29, 0.717) is 0 Å². The van der Waals surface area contributed by atoms with Crippen LogP contribution in [0.1, 0.15) is 38.5 Å². The molecule has 3 heteroatoms. The molecule has 2 fully saturated rings. The first kappa shape index (κ1) is 12.7. The average Bonchev–Trinajstić information content (AvgIpc) is 2.83. The number of rotatable bonds is 5. The molecule has 2 aliphatic rings. The first-order chi connectivity index (χ1) is 7.86. The molecule has 1 heterocycles. The number of likely N-dealkylation sites (N-methyl/N-ethyl adjacent to an activating group) is 1. The first-order valence-corrected chi connectivity index (χ1v) is 8.03. The van der Waals surface area contributed by atoms with Crippen molar-refractivity contribution in [1.82, 2.24) is 10.2 Å². The highest BCUT2D eigenvalue weighted by Gasteiger charge is 2.18. The summed E-state index contributed by atoms with van der Waals surface area (Å²) >= 11 is 2.09. The van der Waals surface area contributed by atoms with Crippen LogP contribution >= 0.6 is 11.8 Å². The van der Waals surface area contributed by atoms with Gasteiger partial charge in [0.2, 0.25) is 0 Å². The Labute approximate surface area is 105 Å². The third-order valence-corrected chi connectivity index (χ3v) is 5.19. The molecule has 2 nitrogen and oxygen atoms in total. The molecule has 0 radical (unpaired) electrons. The van der Waals surface area contributed by atoms with Crippen LogP contribution in [0.2, 0.25) is 0 Å². The van der Waals surface area contributed by atoms with Gasteiger partial charge in [-0.1, -0.05) is 19.3 Å². The summed E-state index contributed by atoms with van der Waals surface area (Å²) in [6, 6.07) is 1.67. The second kappa shape index (κ2) is 6.87. The minimum atomic E-state index is 0.796. The van der Waals surface area contributed by atoms with Crippen LogP contribution in [-0.4, -0.2) is 48.6 Å². The molecular weight excluding hydrogens is 216 g/mol. The Balaban J connectivity index is 1.57. The van der Waals surface area contributed by atoms with Crippen LogP contribution in [0.4, 0.5) is 0 Å². The van der Waals surface area contributed by atoms with Crippen molar-refractivity contribution in [1.29, 1.82) is 0 Å². The lowest BCUT2D eigenvalue weighted by atomic mass is 9.94. The van der Waals surface area contributed by atoms with E-state index in [-0.39, 0.29) is 0 Å². The van der Waals surface area contributed by atoms with E-state index in [0.717, 1.165) is 12.1 Å². The van der Waals surface area contributed by atoms with Crippen molar-refractivity contribution in [3.8, 4) is 0 Å². The van der Waals surface area contributed by atoms with E-state index in [1.165, 1.54) is 63.1 Å². The van der Waals surface area contributed by atoms with Crippen LogP contribution in [0.15, 0.2) is 0 Å². The Bertz CT molecular complexity index is 186. The van der Waals surface area contributed by atoms with Crippen molar-refractivity contribution >= 4 is 11.8 Å². The van der Waals surface area contributed by atoms with Crippen LogP contribution in [0.25, 0.3) is 0 Å². The van der Waals surface area contributed by atoms with Crippen molar-refractivity contribution in [2.75, 3.05) is 31.6 Å². The molecule has 0 aromatic heterocycles. The normalized spacial score (nSPS) is 27.8. The van der Waals surface area contributed by atoms with Gasteiger partial charge in [0.1, 0.15) is 0 Å². The maximum absolute atomic E-state index is 3.69. The van der Waals surface area contributed by atoms with E-state index in [9.17, 15) is 0 Å². The van der Waals surface area contributed by atoms with Gasteiger partial charge >= 0.3 is 0 Å². The predicted molar refractivity (Wildman–Crippen MR) is 73.2 cm³/mol. The molecule has 2 rings (SSSR count). The molecule has 0 bridgehead atoms. The maximum Gasteiger partial charge on any atom is 0.0166 e. The zero-order chi connectivity index (χ0) is 11.2. The summed E-state index contributed by atoms with van der Waals surface area (Å²) in [5, 5.41) is 3.69. The van der Waals surface area contributed by atoms with Gasteiger partial charge in [-0.25, -0.2) is 0 Å². The first-order valence-electron chi connectivity index (χ1n) is 6.87. The fourth-order valence-corrected chi connectivity index (χ4v) is 4.03. The average molecular weight is 242 g/mol. The van der Waals surface area contributed by atoms with Gasteiger partial charge in [-0.2, -0.15) is 11.8 Å². The van der Waals surface area contributed by atoms with Gasteiger partial charge in [0.25, 0.3) is 0 Å². The second-order valence-electron chi connectivity index (χ2n) is 5.29. The summed E-state index contributed by atoms with van der Waals surface area (Å²) in [6.45, 7) is 2.41. The van der Waals surface area contributed by atoms with Gasteiger partial charge in [0.05, 0.1) is 0 Å². The largest absolute Gasteiger partial charge is 0.312 e. The Morgan fingerprint density at radius 3 is 2.69 bits per heavy atom. The van der Waals surface area contributed by atoms with E-state index in [1.54, 1.807) is 0 Å². The molecule has 0 spiro atoms. The van der Waals surface area contributed by atoms with Crippen molar-refractivity contribution in [3.05, 3.63) is 0 Å². The molecular formula is C13H26N2S. The zero-order valence-corrected chi connectivity index (χ0v) is 11.4. The SMILES string of the molecule is CN(CCNC1CCSC1)C1CCCCC1. The third-order valence-electron chi connectivity index (χ3n) is 4.03. The molecule has 1 aliphatic heterocycles. The zero-order valence-electron chi connectivity index (χ0n) is 10.6. The Morgan fingerprint density at radius 2 is 2.00 bits per heavy atom. The lowest BCUT2D eigenvalue weighted by Crippen LogP contribution is -2.40. The number of nitrogens with zero attached hydrogens (tertiary/aromatic N) is 1. The minimum Gasteiger partial charge on any atom is -0.312 e. The highest BCUT2D eigenvalue weighted by Crippen LogP contribution is 2.21. The molecule has 1 atom stereocenters. The van der Waals surface area contributed by atoms with Crippen molar-refractivity contribution < 1.29 is 0 Å². The third kappa shape index (κ3) is 3.94. The molecule has 16 heavy (non-hydrogen) atoms.